The van der Waals surface area contributed by atoms with Gasteiger partial charge in [-0.3, -0.25) is 0 Å². The Balaban J connectivity index is 0. The first-order valence-electron chi connectivity index (χ1n) is 10.8. The highest BCUT2D eigenvalue weighted by Gasteiger charge is 2.15. The number of hydrogen-bond donors (Lipinski definition) is 0. The van der Waals surface area contributed by atoms with Crippen molar-refractivity contribution in [2.24, 2.45) is 0 Å². The van der Waals surface area contributed by atoms with Crippen LogP contribution in [-0.4, -0.2) is 58.1 Å². The van der Waals surface area contributed by atoms with E-state index in [0.717, 1.165) is 8.79 Å². The van der Waals surface area contributed by atoms with Gasteiger partial charge in [-0.05, 0) is 12.8 Å². The van der Waals surface area contributed by atoms with Crippen molar-refractivity contribution in [3.05, 3.63) is 0 Å². The highest BCUT2D eigenvalue weighted by molar-refractivity contribution is 14.0. The fraction of sp³-hybridized carbons (Fsp3) is 1.00. The molecular formula is C21H49BIN2+. The lowest BCUT2D eigenvalue weighted by molar-refractivity contribution is -0.880. The van der Waals surface area contributed by atoms with E-state index >= 15 is 0 Å². The fourth-order valence-electron chi connectivity index (χ4n) is 3.71. The molecule has 152 valence electrons. The second-order valence-corrected chi connectivity index (χ2v) is 9.33. The smallest absolute Gasteiger partial charge is 0.341 e. The van der Waals surface area contributed by atoms with Gasteiger partial charge in [0.15, 0.2) is 0 Å². The van der Waals surface area contributed by atoms with E-state index in [0.29, 0.717) is 0 Å². The van der Waals surface area contributed by atoms with E-state index < -0.39 is 0 Å². The van der Waals surface area contributed by atoms with Crippen molar-refractivity contribution in [2.75, 3.05) is 41.8 Å². The molecule has 0 aliphatic heterocycles. The van der Waals surface area contributed by atoms with Gasteiger partial charge in [0.1, 0.15) is 0 Å². The van der Waals surface area contributed by atoms with Crippen LogP contribution < -0.4 is 0 Å². The molecule has 25 heavy (non-hydrogen) atoms. The summed E-state index contributed by atoms with van der Waals surface area (Å²) >= 11 is 0. The molecule has 0 aromatic carbocycles. The van der Waals surface area contributed by atoms with Gasteiger partial charge in [0.05, 0.1) is 0 Å². The maximum absolute atomic E-state index is 2.42. The monoisotopic (exact) mass is 467 g/mol. The van der Waals surface area contributed by atoms with Crippen LogP contribution in [0.25, 0.3) is 0 Å². The summed E-state index contributed by atoms with van der Waals surface area (Å²) in [7, 11) is 13.8. The van der Waals surface area contributed by atoms with E-state index in [-0.39, 0.29) is 24.0 Å². The van der Waals surface area contributed by atoms with Crippen LogP contribution in [0, 0.1) is 0 Å². The number of halogens is 1. The van der Waals surface area contributed by atoms with Gasteiger partial charge in [-0.2, -0.15) is 0 Å². The lowest BCUT2D eigenvalue weighted by atomic mass is 9.97. The third-order valence-corrected chi connectivity index (χ3v) is 4.75. The Kier molecular flexibility index (Phi) is 18.8. The second-order valence-electron chi connectivity index (χ2n) is 9.33. The zero-order valence-electron chi connectivity index (χ0n) is 18.5. The van der Waals surface area contributed by atoms with E-state index in [1.807, 2.05) is 0 Å². The molecule has 2 radical (unpaired) electrons. The first-order valence-corrected chi connectivity index (χ1v) is 10.8. The molecule has 0 aromatic rings. The summed E-state index contributed by atoms with van der Waals surface area (Å²) in [6, 6.07) is 0. The predicted molar refractivity (Wildman–Crippen MR) is 126 cm³/mol. The average Bonchev–Trinajstić information content (AvgIpc) is 2.45. The van der Waals surface area contributed by atoms with E-state index in [1.165, 1.54) is 96.4 Å². The lowest BCUT2D eigenvalue weighted by Gasteiger charge is -2.47. The third-order valence-electron chi connectivity index (χ3n) is 4.75. The number of unbranched alkanes of at least 4 members (excludes halogenated alkanes) is 13. The van der Waals surface area contributed by atoms with Gasteiger partial charge in [0.2, 0.25) is 0 Å². The third kappa shape index (κ3) is 22.7. The van der Waals surface area contributed by atoms with Gasteiger partial charge < -0.3 is 8.79 Å². The largest absolute Gasteiger partial charge is 0.510 e. The highest BCUT2D eigenvalue weighted by Crippen LogP contribution is 2.13. The summed E-state index contributed by atoms with van der Waals surface area (Å²) < 4.78 is 1.97. The Hall–Kier alpha value is 0.715. The minimum atomic E-state index is 0. The Bertz CT molecular complexity index is 278. The molecule has 0 rings (SSSR count). The minimum absolute atomic E-state index is 0. The van der Waals surface area contributed by atoms with Crippen molar-refractivity contribution in [3.8, 4) is 0 Å². The van der Waals surface area contributed by atoms with Gasteiger partial charge in [0.25, 0.3) is 0 Å². The summed E-state index contributed by atoms with van der Waals surface area (Å²) in [6.45, 7) is 3.57. The van der Waals surface area contributed by atoms with E-state index in [2.05, 4.69) is 49.7 Å². The molecule has 0 aromatic heterocycles. The van der Waals surface area contributed by atoms with Crippen LogP contribution >= 0.6 is 24.0 Å². The summed E-state index contributed by atoms with van der Waals surface area (Å²) in [5.41, 5.74) is 0. The Labute approximate surface area is 178 Å². The fourth-order valence-corrected chi connectivity index (χ4v) is 3.71. The van der Waals surface area contributed by atoms with Crippen molar-refractivity contribution in [3.63, 3.8) is 0 Å². The van der Waals surface area contributed by atoms with Gasteiger partial charge in [-0.25, -0.2) is 0 Å². The summed E-state index contributed by atoms with van der Waals surface area (Å²) in [4.78, 5) is 0. The summed E-state index contributed by atoms with van der Waals surface area (Å²) in [5, 5.41) is 0. The van der Waals surface area contributed by atoms with Crippen LogP contribution in [-0.2, 0) is 0 Å². The van der Waals surface area contributed by atoms with Gasteiger partial charge in [-0.1, -0.05) is 84.0 Å². The Morgan fingerprint density at radius 1 is 0.520 bits per heavy atom. The molecule has 2 nitrogen and oxygen atoms in total. The first kappa shape index (κ1) is 27.9. The zero-order chi connectivity index (χ0) is 18.3. The van der Waals surface area contributed by atoms with Crippen molar-refractivity contribution < 1.29 is 8.79 Å². The van der Waals surface area contributed by atoms with Gasteiger partial charge >= 0.3 is 7.55 Å². The molecule has 0 saturated heterocycles. The molecule has 0 saturated carbocycles. The second kappa shape index (κ2) is 16.9. The van der Waals surface area contributed by atoms with E-state index in [9.17, 15) is 0 Å². The summed E-state index contributed by atoms with van der Waals surface area (Å²) in [5.74, 6) is 0. The van der Waals surface area contributed by atoms with Crippen molar-refractivity contribution in [1.82, 2.24) is 0 Å². The maximum Gasteiger partial charge on any atom is 0.341 e. The van der Waals surface area contributed by atoms with Gasteiger partial charge in [-0.15, -0.1) is 24.0 Å². The van der Waals surface area contributed by atoms with Gasteiger partial charge in [0, 0.05) is 41.8 Å². The van der Waals surface area contributed by atoms with E-state index in [4.69, 9.17) is 0 Å². The quantitative estimate of drug-likeness (QED) is 0.132. The molecule has 0 N–H and O–H groups in total. The highest BCUT2D eigenvalue weighted by atomic mass is 127. The summed E-state index contributed by atoms with van der Waals surface area (Å²) in [6.07, 6.45) is 20.2. The molecule has 0 atom stereocenters. The van der Waals surface area contributed by atoms with Crippen molar-refractivity contribution in [2.45, 2.75) is 96.8 Å². The van der Waals surface area contributed by atoms with Crippen LogP contribution in [0.2, 0.25) is 0 Å². The van der Waals surface area contributed by atoms with Crippen LogP contribution in [0.1, 0.15) is 96.8 Å². The normalized spacial score (nSPS) is 12.2. The standard InChI is InChI=1S/C21H48BN2.HI/c1-7-8-9-10-11-12-13-14-15-16-17-18-19-20-21-24(5,6)22-23(2,3)4;/h7-21H2,1-6H3;1H/q+1;. The molecule has 0 fully saturated rings. The van der Waals surface area contributed by atoms with Crippen molar-refractivity contribution in [1.29, 1.82) is 0 Å². The Morgan fingerprint density at radius 2 is 0.840 bits per heavy atom. The SMILES string of the molecule is CCCCCCCCCCCCCCCC[N+](C)(C)[B-][N+](C)(C)C.I. The van der Waals surface area contributed by atoms with Crippen LogP contribution in [0.15, 0.2) is 0 Å². The molecule has 0 spiro atoms. The molecule has 0 amide bonds. The molecule has 0 aliphatic rings. The lowest BCUT2D eigenvalue weighted by Crippen LogP contribution is -2.57. The minimum Gasteiger partial charge on any atom is -0.510 e. The number of rotatable bonds is 17. The molecule has 0 heterocycles. The predicted octanol–water partition coefficient (Wildman–Crippen LogP) is 6.40. The van der Waals surface area contributed by atoms with Crippen molar-refractivity contribution >= 4 is 31.5 Å². The molecular weight excluding hydrogens is 418 g/mol. The molecule has 0 bridgehead atoms. The van der Waals surface area contributed by atoms with Crippen LogP contribution in [0.4, 0.5) is 0 Å². The van der Waals surface area contributed by atoms with E-state index in [1.54, 1.807) is 0 Å². The average molecular weight is 467 g/mol. The number of nitrogens with zero attached hydrogens (tertiary/aromatic N) is 2. The van der Waals surface area contributed by atoms with Crippen LogP contribution in [0.3, 0.4) is 0 Å². The maximum atomic E-state index is 2.42. The van der Waals surface area contributed by atoms with Crippen LogP contribution in [0.5, 0.6) is 0 Å². The molecule has 0 aliphatic carbocycles. The first-order chi connectivity index (χ1) is 11.3. The zero-order valence-corrected chi connectivity index (χ0v) is 20.8. The Morgan fingerprint density at radius 3 is 1.16 bits per heavy atom. The number of quaternary nitrogens is 2. The number of hydrogen-bond acceptors (Lipinski definition) is 0. The molecule has 0 unspecified atom stereocenters. The molecule has 4 heteroatoms. The topological polar surface area (TPSA) is 0 Å².